The molecule has 1 amide bonds. The third-order valence-corrected chi connectivity index (χ3v) is 6.58. The zero-order valence-electron chi connectivity index (χ0n) is 18.9. The summed E-state index contributed by atoms with van der Waals surface area (Å²) in [6, 6.07) is 17.6. The number of hydrogen-bond donors (Lipinski definition) is 2. The highest BCUT2D eigenvalue weighted by molar-refractivity contribution is 7.92. The quantitative estimate of drug-likeness (QED) is 0.424. The van der Waals surface area contributed by atoms with Crippen LogP contribution in [-0.2, 0) is 14.8 Å². The number of halogens is 1. The van der Waals surface area contributed by atoms with Crippen LogP contribution in [0, 0.1) is 0 Å². The highest BCUT2D eigenvalue weighted by atomic mass is 35.5. The molecule has 0 aliphatic heterocycles. The zero-order valence-corrected chi connectivity index (χ0v) is 20.4. The molecule has 1 atom stereocenters. The van der Waals surface area contributed by atoms with Gasteiger partial charge in [0.15, 0.2) is 6.61 Å². The molecule has 0 unspecified atom stereocenters. The van der Waals surface area contributed by atoms with Crippen LogP contribution < -0.4 is 24.2 Å². The number of ether oxygens (including phenoxy) is 3. The highest BCUT2D eigenvalue weighted by Gasteiger charge is 2.17. The van der Waals surface area contributed by atoms with Gasteiger partial charge < -0.3 is 19.5 Å². The molecule has 0 saturated heterocycles. The van der Waals surface area contributed by atoms with E-state index in [2.05, 4.69) is 10.0 Å². The first-order valence-corrected chi connectivity index (χ1v) is 12.1. The molecule has 3 aromatic rings. The van der Waals surface area contributed by atoms with Gasteiger partial charge in [-0.25, -0.2) is 8.42 Å². The van der Waals surface area contributed by atoms with E-state index in [1.165, 1.54) is 25.3 Å². The van der Waals surface area contributed by atoms with Crippen molar-refractivity contribution in [1.29, 1.82) is 0 Å². The Labute approximate surface area is 203 Å². The van der Waals surface area contributed by atoms with Crippen LogP contribution >= 0.6 is 11.6 Å². The van der Waals surface area contributed by atoms with E-state index < -0.39 is 10.0 Å². The van der Waals surface area contributed by atoms with Crippen LogP contribution in [0.1, 0.15) is 18.5 Å². The molecule has 0 radical (unpaired) electrons. The average molecular weight is 505 g/mol. The Morgan fingerprint density at radius 2 is 1.53 bits per heavy atom. The van der Waals surface area contributed by atoms with Crippen molar-refractivity contribution in [2.24, 2.45) is 0 Å². The van der Waals surface area contributed by atoms with E-state index in [1.54, 1.807) is 31.4 Å². The maximum atomic E-state index is 12.7. The maximum absolute atomic E-state index is 12.7. The molecule has 3 aromatic carbocycles. The molecule has 2 N–H and O–H groups in total. The summed E-state index contributed by atoms with van der Waals surface area (Å²) in [4.78, 5) is 12.2. The maximum Gasteiger partial charge on any atom is 0.261 e. The van der Waals surface area contributed by atoms with Crippen molar-refractivity contribution >= 4 is 33.2 Å². The fraction of sp³-hybridized carbons (Fsp3) is 0.208. The standard InChI is InChI=1S/C24H25ClN2O6S/c1-16(17-4-8-19(31-2)9-5-17)26-24(28)15-33-23-13-12-21(14-22(23)25)34(29,30)27-18-6-10-20(32-3)11-7-18/h4-14,16,27H,15H2,1-3H3,(H,26,28)/t16-/m1/s1. The van der Waals surface area contributed by atoms with E-state index in [-0.39, 0.29) is 34.2 Å². The van der Waals surface area contributed by atoms with Crippen LogP contribution in [0.3, 0.4) is 0 Å². The van der Waals surface area contributed by atoms with E-state index in [0.29, 0.717) is 11.4 Å². The molecular weight excluding hydrogens is 480 g/mol. The predicted molar refractivity (Wildman–Crippen MR) is 130 cm³/mol. The Morgan fingerprint density at radius 1 is 0.941 bits per heavy atom. The topological polar surface area (TPSA) is 103 Å². The van der Waals surface area contributed by atoms with Crippen molar-refractivity contribution in [2.45, 2.75) is 17.9 Å². The number of nitrogens with one attached hydrogen (secondary N) is 2. The summed E-state index contributed by atoms with van der Waals surface area (Å²) in [5.41, 5.74) is 1.28. The van der Waals surface area contributed by atoms with Crippen molar-refractivity contribution < 1.29 is 27.4 Å². The SMILES string of the molecule is COc1ccc(NS(=O)(=O)c2ccc(OCC(=O)N[C@H](C)c3ccc(OC)cc3)c(Cl)c2)cc1. The van der Waals surface area contributed by atoms with Gasteiger partial charge in [-0.05, 0) is 67.1 Å². The van der Waals surface area contributed by atoms with Crippen molar-refractivity contribution in [1.82, 2.24) is 5.32 Å². The van der Waals surface area contributed by atoms with Crippen LogP contribution in [-0.4, -0.2) is 35.2 Å². The second-order valence-corrected chi connectivity index (χ2v) is 9.37. The Morgan fingerprint density at radius 3 is 2.09 bits per heavy atom. The minimum Gasteiger partial charge on any atom is -0.497 e. The summed E-state index contributed by atoms with van der Waals surface area (Å²) < 4.78 is 43.5. The third kappa shape index (κ3) is 6.55. The second-order valence-electron chi connectivity index (χ2n) is 7.28. The normalized spacial score (nSPS) is 11.9. The summed E-state index contributed by atoms with van der Waals surface area (Å²) in [7, 11) is -0.765. The van der Waals surface area contributed by atoms with Gasteiger partial charge in [-0.3, -0.25) is 9.52 Å². The molecule has 0 fully saturated rings. The van der Waals surface area contributed by atoms with Gasteiger partial charge in [0.25, 0.3) is 15.9 Å². The Balaban J connectivity index is 1.59. The summed E-state index contributed by atoms with van der Waals surface area (Å²) in [6.45, 7) is 1.57. The smallest absolute Gasteiger partial charge is 0.261 e. The first-order valence-electron chi connectivity index (χ1n) is 10.2. The van der Waals surface area contributed by atoms with Crippen molar-refractivity contribution in [3.05, 3.63) is 77.3 Å². The largest absolute Gasteiger partial charge is 0.497 e. The van der Waals surface area contributed by atoms with Gasteiger partial charge in [-0.15, -0.1) is 0 Å². The molecule has 8 nitrogen and oxygen atoms in total. The summed E-state index contributed by atoms with van der Waals surface area (Å²) in [5.74, 6) is 1.18. The summed E-state index contributed by atoms with van der Waals surface area (Å²) in [5, 5.41) is 2.90. The fourth-order valence-corrected chi connectivity index (χ4v) is 4.43. The van der Waals surface area contributed by atoms with E-state index in [0.717, 1.165) is 11.3 Å². The van der Waals surface area contributed by atoms with Gasteiger partial charge >= 0.3 is 0 Å². The predicted octanol–water partition coefficient (Wildman–Crippen LogP) is 4.41. The van der Waals surface area contributed by atoms with E-state index in [9.17, 15) is 13.2 Å². The van der Waals surface area contributed by atoms with Crippen LogP contribution in [0.4, 0.5) is 5.69 Å². The van der Waals surface area contributed by atoms with Crippen molar-refractivity contribution in [3.8, 4) is 17.2 Å². The monoisotopic (exact) mass is 504 g/mol. The lowest BCUT2D eigenvalue weighted by molar-refractivity contribution is -0.123. The number of rotatable bonds is 10. The highest BCUT2D eigenvalue weighted by Crippen LogP contribution is 2.28. The molecular formula is C24H25ClN2O6S. The molecule has 0 aliphatic rings. The molecule has 34 heavy (non-hydrogen) atoms. The van der Waals surface area contributed by atoms with E-state index >= 15 is 0 Å². The minimum absolute atomic E-state index is 0.0433. The molecule has 180 valence electrons. The van der Waals surface area contributed by atoms with Crippen LogP contribution in [0.15, 0.2) is 71.6 Å². The molecule has 0 bridgehead atoms. The number of hydrogen-bond acceptors (Lipinski definition) is 6. The van der Waals surface area contributed by atoms with E-state index in [1.807, 2.05) is 31.2 Å². The zero-order chi connectivity index (χ0) is 24.7. The number of sulfonamides is 1. The summed E-state index contributed by atoms with van der Waals surface area (Å²) in [6.07, 6.45) is 0. The van der Waals surface area contributed by atoms with Gasteiger partial charge in [0.2, 0.25) is 0 Å². The van der Waals surface area contributed by atoms with Crippen LogP contribution in [0.5, 0.6) is 17.2 Å². The number of carbonyl (C=O) groups excluding carboxylic acids is 1. The van der Waals surface area contributed by atoms with E-state index in [4.69, 9.17) is 25.8 Å². The van der Waals surface area contributed by atoms with Gasteiger partial charge in [0, 0.05) is 5.69 Å². The molecule has 3 rings (SSSR count). The lowest BCUT2D eigenvalue weighted by Gasteiger charge is -2.16. The molecule has 0 aliphatic carbocycles. The number of benzene rings is 3. The lowest BCUT2D eigenvalue weighted by Crippen LogP contribution is -2.31. The first-order chi connectivity index (χ1) is 16.2. The van der Waals surface area contributed by atoms with Crippen LogP contribution in [0.25, 0.3) is 0 Å². The number of carbonyl (C=O) groups is 1. The van der Waals surface area contributed by atoms with Crippen molar-refractivity contribution in [2.75, 3.05) is 25.5 Å². The Kier molecular flexibility index (Phi) is 8.25. The van der Waals surface area contributed by atoms with Gasteiger partial charge in [-0.1, -0.05) is 23.7 Å². The van der Waals surface area contributed by atoms with Gasteiger partial charge in [0.1, 0.15) is 17.2 Å². The number of amides is 1. The Bertz CT molecular complexity index is 1230. The lowest BCUT2D eigenvalue weighted by atomic mass is 10.1. The third-order valence-electron chi connectivity index (χ3n) is 4.91. The average Bonchev–Trinajstić information content (AvgIpc) is 2.83. The minimum atomic E-state index is -3.87. The molecule has 0 saturated carbocycles. The molecule has 10 heteroatoms. The second kappa shape index (κ2) is 11.1. The van der Waals surface area contributed by atoms with Crippen molar-refractivity contribution in [3.63, 3.8) is 0 Å². The number of anilines is 1. The molecule has 0 heterocycles. The van der Waals surface area contributed by atoms with Gasteiger partial charge in [-0.2, -0.15) is 0 Å². The van der Waals surface area contributed by atoms with Crippen LogP contribution in [0.2, 0.25) is 5.02 Å². The number of methoxy groups -OCH3 is 2. The molecule has 0 spiro atoms. The first kappa shape index (κ1) is 25.2. The summed E-state index contributed by atoms with van der Waals surface area (Å²) >= 11 is 6.21. The van der Waals surface area contributed by atoms with Gasteiger partial charge in [0.05, 0.1) is 30.2 Å². The molecule has 0 aromatic heterocycles. The fourth-order valence-electron chi connectivity index (χ4n) is 3.04. The Hall–Kier alpha value is -3.43.